The van der Waals surface area contributed by atoms with E-state index in [1.807, 2.05) is 13.8 Å². The van der Waals surface area contributed by atoms with Gasteiger partial charge in [0, 0.05) is 26.1 Å². The Kier molecular flexibility index (Phi) is 6.45. The number of hydrogen-bond donors (Lipinski definition) is 1. The Morgan fingerprint density at radius 3 is 2.50 bits per heavy atom. The molecule has 0 aromatic heterocycles. The first-order valence-electron chi connectivity index (χ1n) is 4.83. The molecule has 0 rings (SSSR count). The van der Waals surface area contributed by atoms with Gasteiger partial charge in [-0.05, 0) is 13.0 Å². The van der Waals surface area contributed by atoms with Crippen molar-refractivity contribution in [3.8, 4) is 0 Å². The Hall–Kier alpha value is -1.32. The monoisotopic (exact) mass is 198 g/mol. The summed E-state index contributed by atoms with van der Waals surface area (Å²) in [6.45, 7) is 8.80. The van der Waals surface area contributed by atoms with Crippen LogP contribution in [0.15, 0.2) is 12.7 Å². The maximum atomic E-state index is 11.3. The number of amides is 2. The fourth-order valence-corrected chi connectivity index (χ4v) is 1.07. The number of hydrogen-bond acceptors (Lipinski definition) is 2. The standard InChI is InChI=1S/C10H18N2O2/c1-4-9(13)11-7-8-12(6-3)10(14)5-2/h4H,1,5-8H2,2-3H3,(H,11,13). The summed E-state index contributed by atoms with van der Waals surface area (Å²) >= 11 is 0. The van der Waals surface area contributed by atoms with Gasteiger partial charge in [-0.15, -0.1) is 0 Å². The molecule has 0 aliphatic heterocycles. The molecule has 0 saturated carbocycles. The van der Waals surface area contributed by atoms with Crippen LogP contribution in [0.1, 0.15) is 20.3 Å². The molecule has 0 aromatic carbocycles. The molecule has 0 bridgehead atoms. The van der Waals surface area contributed by atoms with Crippen molar-refractivity contribution in [1.82, 2.24) is 10.2 Å². The van der Waals surface area contributed by atoms with E-state index in [-0.39, 0.29) is 11.8 Å². The lowest BCUT2D eigenvalue weighted by Gasteiger charge is -2.19. The summed E-state index contributed by atoms with van der Waals surface area (Å²) in [7, 11) is 0. The second kappa shape index (κ2) is 7.12. The Morgan fingerprint density at radius 1 is 1.43 bits per heavy atom. The lowest BCUT2D eigenvalue weighted by atomic mass is 10.3. The van der Waals surface area contributed by atoms with E-state index < -0.39 is 0 Å². The molecule has 0 aromatic rings. The van der Waals surface area contributed by atoms with Gasteiger partial charge in [-0.2, -0.15) is 0 Å². The summed E-state index contributed by atoms with van der Waals surface area (Å²) in [5, 5.41) is 2.63. The Labute approximate surface area is 85.0 Å². The number of nitrogens with zero attached hydrogens (tertiary/aromatic N) is 1. The third-order valence-electron chi connectivity index (χ3n) is 1.90. The topological polar surface area (TPSA) is 49.4 Å². The minimum atomic E-state index is -0.204. The van der Waals surface area contributed by atoms with E-state index in [1.54, 1.807) is 4.90 Å². The highest BCUT2D eigenvalue weighted by molar-refractivity contribution is 5.86. The van der Waals surface area contributed by atoms with Crippen molar-refractivity contribution in [2.45, 2.75) is 20.3 Å². The molecule has 1 N–H and O–H groups in total. The van der Waals surface area contributed by atoms with Gasteiger partial charge < -0.3 is 10.2 Å². The van der Waals surface area contributed by atoms with Gasteiger partial charge >= 0.3 is 0 Å². The normalized spacial score (nSPS) is 9.29. The van der Waals surface area contributed by atoms with Crippen LogP contribution in [0, 0.1) is 0 Å². The van der Waals surface area contributed by atoms with Crippen molar-refractivity contribution >= 4 is 11.8 Å². The third-order valence-corrected chi connectivity index (χ3v) is 1.90. The van der Waals surface area contributed by atoms with Crippen LogP contribution in [-0.2, 0) is 9.59 Å². The Bertz CT molecular complexity index is 214. The molecule has 0 heterocycles. The highest BCUT2D eigenvalue weighted by Gasteiger charge is 2.08. The summed E-state index contributed by atoms with van der Waals surface area (Å²) in [4.78, 5) is 23.8. The van der Waals surface area contributed by atoms with Gasteiger partial charge in [-0.25, -0.2) is 0 Å². The van der Waals surface area contributed by atoms with E-state index in [0.717, 1.165) is 0 Å². The lowest BCUT2D eigenvalue weighted by Crippen LogP contribution is -2.37. The first-order chi connectivity index (χ1) is 6.65. The molecule has 0 radical (unpaired) electrons. The molecular formula is C10H18N2O2. The van der Waals surface area contributed by atoms with Crippen molar-refractivity contribution < 1.29 is 9.59 Å². The van der Waals surface area contributed by atoms with Crippen LogP contribution in [0.5, 0.6) is 0 Å². The molecule has 0 atom stereocenters. The summed E-state index contributed by atoms with van der Waals surface area (Å²) in [6, 6.07) is 0. The number of likely N-dealkylation sites (N-methyl/N-ethyl adjacent to an activating group) is 1. The van der Waals surface area contributed by atoms with Crippen molar-refractivity contribution in [2.24, 2.45) is 0 Å². The predicted molar refractivity (Wildman–Crippen MR) is 55.8 cm³/mol. The fraction of sp³-hybridized carbons (Fsp3) is 0.600. The minimum Gasteiger partial charge on any atom is -0.351 e. The summed E-state index contributed by atoms with van der Waals surface area (Å²) in [6.07, 6.45) is 1.72. The van der Waals surface area contributed by atoms with Crippen molar-refractivity contribution in [3.05, 3.63) is 12.7 Å². The molecule has 2 amide bonds. The van der Waals surface area contributed by atoms with Gasteiger partial charge in [0.15, 0.2) is 0 Å². The molecule has 14 heavy (non-hydrogen) atoms. The molecule has 4 nitrogen and oxygen atoms in total. The average molecular weight is 198 g/mol. The number of carbonyl (C=O) groups is 2. The first-order valence-corrected chi connectivity index (χ1v) is 4.83. The van der Waals surface area contributed by atoms with Gasteiger partial charge in [-0.3, -0.25) is 9.59 Å². The lowest BCUT2D eigenvalue weighted by molar-refractivity contribution is -0.131. The molecule has 0 fully saturated rings. The zero-order valence-corrected chi connectivity index (χ0v) is 8.88. The van der Waals surface area contributed by atoms with Crippen molar-refractivity contribution in [2.75, 3.05) is 19.6 Å². The van der Waals surface area contributed by atoms with Gasteiger partial charge in [0.2, 0.25) is 11.8 Å². The van der Waals surface area contributed by atoms with Crippen LogP contribution in [0.4, 0.5) is 0 Å². The van der Waals surface area contributed by atoms with E-state index in [1.165, 1.54) is 6.08 Å². The molecule has 0 aliphatic rings. The second-order valence-corrected chi connectivity index (χ2v) is 2.82. The Morgan fingerprint density at radius 2 is 2.07 bits per heavy atom. The minimum absolute atomic E-state index is 0.111. The number of carbonyl (C=O) groups excluding carboxylic acids is 2. The van der Waals surface area contributed by atoms with E-state index in [4.69, 9.17) is 0 Å². The molecular weight excluding hydrogens is 180 g/mol. The maximum Gasteiger partial charge on any atom is 0.243 e. The van der Waals surface area contributed by atoms with Crippen LogP contribution < -0.4 is 5.32 Å². The van der Waals surface area contributed by atoms with E-state index >= 15 is 0 Å². The fourth-order valence-electron chi connectivity index (χ4n) is 1.07. The number of nitrogens with one attached hydrogen (secondary N) is 1. The summed E-state index contributed by atoms with van der Waals surface area (Å²) < 4.78 is 0. The van der Waals surface area contributed by atoms with Crippen LogP contribution in [0.25, 0.3) is 0 Å². The maximum absolute atomic E-state index is 11.3. The van der Waals surface area contributed by atoms with E-state index in [0.29, 0.717) is 26.1 Å². The zero-order valence-electron chi connectivity index (χ0n) is 8.88. The van der Waals surface area contributed by atoms with Crippen LogP contribution in [0.2, 0.25) is 0 Å². The zero-order chi connectivity index (χ0) is 11.0. The highest BCUT2D eigenvalue weighted by Crippen LogP contribution is 1.92. The molecule has 0 spiro atoms. The summed E-state index contributed by atoms with van der Waals surface area (Å²) in [5.74, 6) is -0.0923. The third kappa shape index (κ3) is 4.64. The van der Waals surface area contributed by atoms with Crippen molar-refractivity contribution in [3.63, 3.8) is 0 Å². The average Bonchev–Trinajstić information content (AvgIpc) is 2.22. The molecule has 80 valence electrons. The molecule has 0 unspecified atom stereocenters. The van der Waals surface area contributed by atoms with Crippen LogP contribution >= 0.6 is 0 Å². The van der Waals surface area contributed by atoms with Gasteiger partial charge in [0.1, 0.15) is 0 Å². The quantitative estimate of drug-likeness (QED) is 0.633. The van der Waals surface area contributed by atoms with Crippen LogP contribution in [0.3, 0.4) is 0 Å². The largest absolute Gasteiger partial charge is 0.351 e. The first kappa shape index (κ1) is 12.7. The summed E-state index contributed by atoms with van der Waals surface area (Å²) in [5.41, 5.74) is 0. The SMILES string of the molecule is C=CC(=O)NCCN(CC)C(=O)CC. The van der Waals surface area contributed by atoms with Gasteiger partial charge in [0.25, 0.3) is 0 Å². The van der Waals surface area contributed by atoms with Gasteiger partial charge in [-0.1, -0.05) is 13.5 Å². The highest BCUT2D eigenvalue weighted by atomic mass is 16.2. The predicted octanol–water partition coefficient (Wildman–Crippen LogP) is 0.547. The van der Waals surface area contributed by atoms with Gasteiger partial charge in [0.05, 0.1) is 0 Å². The molecule has 0 saturated heterocycles. The Balaban J connectivity index is 3.78. The smallest absolute Gasteiger partial charge is 0.243 e. The molecule has 0 aliphatic carbocycles. The van der Waals surface area contributed by atoms with Crippen LogP contribution in [-0.4, -0.2) is 36.3 Å². The number of rotatable bonds is 6. The van der Waals surface area contributed by atoms with Crippen molar-refractivity contribution in [1.29, 1.82) is 0 Å². The van der Waals surface area contributed by atoms with E-state index in [2.05, 4.69) is 11.9 Å². The molecule has 4 heteroatoms. The second-order valence-electron chi connectivity index (χ2n) is 2.82. The van der Waals surface area contributed by atoms with E-state index in [9.17, 15) is 9.59 Å².